The first-order valence-corrected chi connectivity index (χ1v) is 6.61. The van der Waals surface area contributed by atoms with E-state index in [4.69, 9.17) is 5.84 Å². The summed E-state index contributed by atoms with van der Waals surface area (Å²) in [5, 5.41) is 0. The van der Waals surface area contributed by atoms with Crippen molar-refractivity contribution in [1.82, 2.24) is 15.0 Å². The summed E-state index contributed by atoms with van der Waals surface area (Å²) in [5.74, 6) is 6.80. The molecule has 3 N–H and O–H groups in total. The monoisotopic (exact) mass is 258 g/mol. The van der Waals surface area contributed by atoms with Gasteiger partial charge in [0.1, 0.15) is 5.82 Å². The number of nitrogens with one attached hydrogen (secondary N) is 1. The van der Waals surface area contributed by atoms with Crippen molar-refractivity contribution in [3.05, 3.63) is 53.1 Å². The third-order valence-electron chi connectivity index (χ3n) is 3.58. The van der Waals surface area contributed by atoms with Crippen molar-refractivity contribution in [2.24, 2.45) is 12.9 Å². The lowest BCUT2D eigenvalue weighted by molar-refractivity contribution is 0.504. The summed E-state index contributed by atoms with van der Waals surface area (Å²) >= 11 is 0. The number of hydrazine groups is 1. The van der Waals surface area contributed by atoms with E-state index in [0.717, 1.165) is 18.7 Å². The van der Waals surface area contributed by atoms with Crippen LogP contribution >= 0.6 is 0 Å². The lowest BCUT2D eigenvalue weighted by Crippen LogP contribution is -2.29. The zero-order valence-corrected chi connectivity index (χ0v) is 11.9. The molecule has 2 aromatic rings. The highest BCUT2D eigenvalue weighted by atomic mass is 15.2. The summed E-state index contributed by atoms with van der Waals surface area (Å²) in [5.41, 5.74) is 6.75. The van der Waals surface area contributed by atoms with Crippen LogP contribution in [-0.4, -0.2) is 9.55 Å². The van der Waals surface area contributed by atoms with Crippen LogP contribution in [0.4, 0.5) is 0 Å². The van der Waals surface area contributed by atoms with Crippen LogP contribution in [0, 0.1) is 13.8 Å². The van der Waals surface area contributed by atoms with Gasteiger partial charge in [-0.05, 0) is 31.4 Å². The van der Waals surface area contributed by atoms with Crippen LogP contribution in [0.3, 0.4) is 0 Å². The van der Waals surface area contributed by atoms with Gasteiger partial charge in [0.15, 0.2) is 0 Å². The molecule has 19 heavy (non-hydrogen) atoms. The van der Waals surface area contributed by atoms with Gasteiger partial charge in [-0.2, -0.15) is 0 Å². The Hall–Kier alpha value is -1.65. The smallest absolute Gasteiger partial charge is 0.108 e. The quantitative estimate of drug-likeness (QED) is 0.638. The first kappa shape index (κ1) is 13.8. The number of nitrogens with zero attached hydrogens (tertiary/aromatic N) is 2. The molecular formula is C15H22N4. The number of aromatic nitrogens is 2. The van der Waals surface area contributed by atoms with Crippen molar-refractivity contribution in [1.29, 1.82) is 0 Å². The molecule has 102 valence electrons. The Balaban J connectivity index is 2.10. The number of imidazole rings is 1. The van der Waals surface area contributed by atoms with Crippen molar-refractivity contribution in [3.8, 4) is 0 Å². The van der Waals surface area contributed by atoms with Crippen molar-refractivity contribution in [2.45, 2.75) is 32.7 Å². The lowest BCUT2D eigenvalue weighted by atomic mass is 9.96. The standard InChI is InChI=1S/C15H22N4/c1-11-4-5-13(12(2)10-11)14(18-16)6-7-15-17-8-9-19(15)3/h4-5,8-10,14,18H,6-7,16H2,1-3H3. The Kier molecular flexibility index (Phi) is 4.35. The van der Waals surface area contributed by atoms with Gasteiger partial charge in [-0.25, -0.2) is 4.98 Å². The summed E-state index contributed by atoms with van der Waals surface area (Å²) in [6, 6.07) is 6.65. The molecule has 0 spiro atoms. The third kappa shape index (κ3) is 3.22. The molecule has 0 aliphatic heterocycles. The maximum absolute atomic E-state index is 5.71. The molecular weight excluding hydrogens is 236 g/mol. The molecule has 1 heterocycles. The Bertz CT molecular complexity index is 545. The predicted molar refractivity (Wildman–Crippen MR) is 77.5 cm³/mol. The molecule has 4 heteroatoms. The molecule has 0 saturated heterocycles. The van der Waals surface area contributed by atoms with Gasteiger partial charge in [0, 0.05) is 31.9 Å². The van der Waals surface area contributed by atoms with Crippen LogP contribution in [0.5, 0.6) is 0 Å². The molecule has 0 saturated carbocycles. The number of hydrogen-bond acceptors (Lipinski definition) is 3. The summed E-state index contributed by atoms with van der Waals surface area (Å²) in [6.45, 7) is 4.24. The van der Waals surface area contributed by atoms with E-state index < -0.39 is 0 Å². The average Bonchev–Trinajstić information content (AvgIpc) is 2.78. The van der Waals surface area contributed by atoms with E-state index in [9.17, 15) is 0 Å². The Morgan fingerprint density at radius 3 is 2.74 bits per heavy atom. The minimum absolute atomic E-state index is 0.164. The van der Waals surface area contributed by atoms with E-state index in [1.807, 2.05) is 19.4 Å². The SMILES string of the molecule is Cc1ccc(C(CCc2nccn2C)NN)c(C)c1. The number of hydrogen-bond donors (Lipinski definition) is 2. The van der Waals surface area contributed by atoms with Crippen LogP contribution < -0.4 is 11.3 Å². The van der Waals surface area contributed by atoms with Crippen molar-refractivity contribution < 1.29 is 0 Å². The Labute approximate surface area is 114 Å². The molecule has 0 amide bonds. The van der Waals surface area contributed by atoms with Crippen LogP contribution in [-0.2, 0) is 13.5 Å². The van der Waals surface area contributed by atoms with E-state index in [1.54, 1.807) is 0 Å². The van der Waals surface area contributed by atoms with Crippen LogP contribution in [0.15, 0.2) is 30.6 Å². The molecule has 0 aliphatic carbocycles. The van der Waals surface area contributed by atoms with Crippen molar-refractivity contribution >= 4 is 0 Å². The Morgan fingerprint density at radius 1 is 1.37 bits per heavy atom. The summed E-state index contributed by atoms with van der Waals surface area (Å²) in [6.07, 6.45) is 5.64. The van der Waals surface area contributed by atoms with Gasteiger partial charge in [-0.3, -0.25) is 11.3 Å². The summed E-state index contributed by atoms with van der Waals surface area (Å²) in [4.78, 5) is 4.35. The maximum Gasteiger partial charge on any atom is 0.108 e. The fourth-order valence-corrected chi connectivity index (χ4v) is 2.46. The van der Waals surface area contributed by atoms with Gasteiger partial charge in [0.25, 0.3) is 0 Å². The molecule has 0 bridgehead atoms. The molecule has 1 atom stereocenters. The fourth-order valence-electron chi connectivity index (χ4n) is 2.46. The first-order chi connectivity index (χ1) is 9.11. The second kappa shape index (κ2) is 5.99. The molecule has 0 fully saturated rings. The van der Waals surface area contributed by atoms with Gasteiger partial charge < -0.3 is 4.57 Å². The molecule has 2 rings (SSSR count). The topological polar surface area (TPSA) is 55.9 Å². The molecule has 1 unspecified atom stereocenters. The molecule has 0 aliphatic rings. The van der Waals surface area contributed by atoms with Crippen molar-refractivity contribution in [2.75, 3.05) is 0 Å². The molecule has 4 nitrogen and oxygen atoms in total. The highest BCUT2D eigenvalue weighted by Gasteiger charge is 2.13. The molecule has 1 aromatic carbocycles. The second-order valence-corrected chi connectivity index (χ2v) is 5.07. The first-order valence-electron chi connectivity index (χ1n) is 6.61. The van der Waals surface area contributed by atoms with E-state index in [-0.39, 0.29) is 6.04 Å². The van der Waals surface area contributed by atoms with Gasteiger partial charge >= 0.3 is 0 Å². The summed E-state index contributed by atoms with van der Waals surface area (Å²) in [7, 11) is 2.02. The predicted octanol–water partition coefficient (Wildman–Crippen LogP) is 2.17. The molecule has 0 radical (unpaired) electrons. The van der Waals surface area contributed by atoms with E-state index >= 15 is 0 Å². The number of rotatable bonds is 5. The van der Waals surface area contributed by atoms with E-state index in [0.29, 0.717) is 0 Å². The zero-order valence-electron chi connectivity index (χ0n) is 11.9. The fraction of sp³-hybridized carbons (Fsp3) is 0.400. The van der Waals surface area contributed by atoms with E-state index in [2.05, 4.69) is 47.0 Å². The zero-order chi connectivity index (χ0) is 13.8. The summed E-state index contributed by atoms with van der Waals surface area (Å²) < 4.78 is 2.05. The number of aryl methyl sites for hydroxylation is 4. The van der Waals surface area contributed by atoms with Gasteiger partial charge in [-0.1, -0.05) is 23.8 Å². The van der Waals surface area contributed by atoms with Crippen molar-refractivity contribution in [3.63, 3.8) is 0 Å². The van der Waals surface area contributed by atoms with Gasteiger partial charge in [0.05, 0.1) is 0 Å². The van der Waals surface area contributed by atoms with Crippen LogP contribution in [0.25, 0.3) is 0 Å². The number of benzene rings is 1. The maximum atomic E-state index is 5.71. The molecule has 1 aromatic heterocycles. The van der Waals surface area contributed by atoms with Crippen LogP contribution in [0.1, 0.15) is 35.0 Å². The van der Waals surface area contributed by atoms with Gasteiger partial charge in [0.2, 0.25) is 0 Å². The third-order valence-corrected chi connectivity index (χ3v) is 3.58. The minimum Gasteiger partial charge on any atom is -0.338 e. The highest BCUT2D eigenvalue weighted by molar-refractivity contribution is 5.32. The highest BCUT2D eigenvalue weighted by Crippen LogP contribution is 2.22. The van der Waals surface area contributed by atoms with Gasteiger partial charge in [-0.15, -0.1) is 0 Å². The normalized spacial score (nSPS) is 12.6. The average molecular weight is 258 g/mol. The Morgan fingerprint density at radius 2 is 2.16 bits per heavy atom. The minimum atomic E-state index is 0.164. The van der Waals surface area contributed by atoms with E-state index in [1.165, 1.54) is 16.7 Å². The number of nitrogens with two attached hydrogens (primary N) is 1. The van der Waals surface area contributed by atoms with Crippen LogP contribution in [0.2, 0.25) is 0 Å². The second-order valence-electron chi connectivity index (χ2n) is 5.07. The lowest BCUT2D eigenvalue weighted by Gasteiger charge is -2.19. The largest absolute Gasteiger partial charge is 0.338 e.